The minimum atomic E-state index is -0.520. The van der Waals surface area contributed by atoms with Crippen LogP contribution in [0.1, 0.15) is 72.4 Å². The molecule has 1 saturated heterocycles. The van der Waals surface area contributed by atoms with Gasteiger partial charge in [-0.05, 0) is 71.7 Å². The van der Waals surface area contributed by atoms with Gasteiger partial charge in [0.15, 0.2) is 0 Å². The van der Waals surface area contributed by atoms with Crippen LogP contribution in [-0.2, 0) is 4.74 Å². The van der Waals surface area contributed by atoms with Gasteiger partial charge in [-0.15, -0.1) is 0 Å². The molecule has 5 nitrogen and oxygen atoms in total. The van der Waals surface area contributed by atoms with E-state index in [1.807, 2.05) is 40.0 Å². The maximum Gasteiger partial charge on any atom is 0.416 e. The van der Waals surface area contributed by atoms with Gasteiger partial charge >= 0.3 is 6.09 Å². The lowest BCUT2D eigenvalue weighted by atomic mass is 10.1. The smallest absolute Gasteiger partial charge is 0.416 e. The minimum absolute atomic E-state index is 0.0341. The molecule has 1 amide bonds. The van der Waals surface area contributed by atoms with Gasteiger partial charge in [0.1, 0.15) is 11.4 Å². The van der Waals surface area contributed by atoms with E-state index in [0.29, 0.717) is 11.9 Å². The predicted molar refractivity (Wildman–Crippen MR) is 102 cm³/mol. The number of rotatable bonds is 5. The van der Waals surface area contributed by atoms with Crippen LogP contribution in [0.2, 0.25) is 0 Å². The van der Waals surface area contributed by atoms with Crippen molar-refractivity contribution in [1.29, 1.82) is 0 Å². The van der Waals surface area contributed by atoms with Crippen LogP contribution in [-0.4, -0.2) is 40.7 Å². The number of hydrogen-bond donors (Lipinski definition) is 0. The van der Waals surface area contributed by atoms with E-state index in [1.54, 1.807) is 4.90 Å². The van der Waals surface area contributed by atoms with Crippen molar-refractivity contribution in [1.82, 2.24) is 9.88 Å². The number of aromatic nitrogens is 1. The number of carbonyl (C=O) groups excluding carboxylic acids is 1. The molecule has 0 saturated carbocycles. The highest BCUT2D eigenvalue weighted by molar-refractivity contribution is 5.87. The largest absolute Gasteiger partial charge is 0.443 e. The van der Waals surface area contributed by atoms with E-state index in [0.717, 1.165) is 19.5 Å². The highest BCUT2D eigenvalue weighted by atomic mass is 16.6. The Morgan fingerprint density at radius 1 is 1.40 bits per heavy atom. The fourth-order valence-corrected chi connectivity index (χ4v) is 3.31. The van der Waals surface area contributed by atoms with Crippen molar-refractivity contribution < 1.29 is 9.53 Å². The summed E-state index contributed by atoms with van der Waals surface area (Å²) >= 11 is 0. The predicted octanol–water partition coefficient (Wildman–Crippen LogP) is 4.78. The summed E-state index contributed by atoms with van der Waals surface area (Å²) in [5.41, 5.74) is 0.713. The molecule has 1 aliphatic rings. The van der Waals surface area contributed by atoms with Gasteiger partial charge in [-0.3, -0.25) is 9.80 Å². The van der Waals surface area contributed by atoms with Crippen LogP contribution in [0.5, 0.6) is 0 Å². The molecule has 0 N–H and O–H groups in total. The molecule has 1 aliphatic heterocycles. The molecule has 25 heavy (non-hydrogen) atoms. The lowest BCUT2D eigenvalue weighted by Gasteiger charge is -2.31. The highest BCUT2D eigenvalue weighted by Gasteiger charge is 2.29. The SMILES string of the molecule is CC[C@@H](C)N(C(=O)OC(C)(C)C)c1ccc([C@@H]2CCCN2CC)cn1. The standard InChI is InChI=1S/C20H33N3O2/c1-7-15(3)23(19(24)25-20(4,5)6)18-12-11-16(14-21-18)17-10-9-13-22(17)8-2/h11-12,14-15,17H,7-10,13H2,1-6H3/t15-,17+/m1/s1. The molecule has 5 heteroatoms. The van der Waals surface area contributed by atoms with Crippen molar-refractivity contribution >= 4 is 11.9 Å². The van der Waals surface area contributed by atoms with Crippen LogP contribution >= 0.6 is 0 Å². The van der Waals surface area contributed by atoms with Gasteiger partial charge in [-0.25, -0.2) is 9.78 Å². The van der Waals surface area contributed by atoms with Crippen molar-refractivity contribution in [3.05, 3.63) is 23.9 Å². The lowest BCUT2D eigenvalue weighted by molar-refractivity contribution is 0.0566. The van der Waals surface area contributed by atoms with E-state index in [-0.39, 0.29) is 12.1 Å². The van der Waals surface area contributed by atoms with Gasteiger partial charge in [0, 0.05) is 18.3 Å². The summed E-state index contributed by atoms with van der Waals surface area (Å²) in [4.78, 5) is 21.4. The zero-order chi connectivity index (χ0) is 18.6. The molecule has 0 spiro atoms. The Morgan fingerprint density at radius 2 is 2.12 bits per heavy atom. The fraction of sp³-hybridized carbons (Fsp3) is 0.700. The van der Waals surface area contributed by atoms with Crippen LogP contribution in [0.25, 0.3) is 0 Å². The van der Waals surface area contributed by atoms with Crippen LogP contribution in [0, 0.1) is 0 Å². The molecule has 0 bridgehead atoms. The van der Waals surface area contributed by atoms with E-state index < -0.39 is 5.60 Å². The Kier molecular flexibility index (Phi) is 6.44. The third-order valence-electron chi connectivity index (χ3n) is 4.79. The Hall–Kier alpha value is -1.62. The molecular formula is C20H33N3O2. The summed E-state index contributed by atoms with van der Waals surface area (Å²) in [6.07, 6.45) is 4.84. The molecule has 2 atom stereocenters. The number of pyridine rings is 1. The second kappa shape index (κ2) is 8.17. The van der Waals surface area contributed by atoms with Crippen LogP contribution in [0.3, 0.4) is 0 Å². The summed E-state index contributed by atoms with van der Waals surface area (Å²) < 4.78 is 5.58. The Bertz CT molecular complexity index is 565. The van der Waals surface area contributed by atoms with Gasteiger partial charge < -0.3 is 4.74 Å². The number of carbonyl (C=O) groups is 1. The van der Waals surface area contributed by atoms with Gasteiger partial charge in [-0.2, -0.15) is 0 Å². The molecule has 0 aliphatic carbocycles. The first-order chi connectivity index (χ1) is 11.8. The van der Waals surface area contributed by atoms with E-state index in [9.17, 15) is 4.79 Å². The molecular weight excluding hydrogens is 314 g/mol. The van der Waals surface area contributed by atoms with Gasteiger partial charge in [0.25, 0.3) is 0 Å². The number of ether oxygens (including phenoxy) is 1. The summed E-state index contributed by atoms with van der Waals surface area (Å²) in [6, 6.07) is 4.55. The minimum Gasteiger partial charge on any atom is -0.443 e. The average molecular weight is 348 g/mol. The van der Waals surface area contributed by atoms with E-state index >= 15 is 0 Å². The third-order valence-corrected chi connectivity index (χ3v) is 4.79. The zero-order valence-corrected chi connectivity index (χ0v) is 16.6. The van der Waals surface area contributed by atoms with Crippen LogP contribution in [0.4, 0.5) is 10.6 Å². The zero-order valence-electron chi connectivity index (χ0n) is 16.6. The molecule has 2 rings (SSSR count). The molecule has 0 unspecified atom stereocenters. The molecule has 0 aromatic carbocycles. The topological polar surface area (TPSA) is 45.7 Å². The van der Waals surface area contributed by atoms with Gasteiger partial charge in [0.2, 0.25) is 0 Å². The van der Waals surface area contributed by atoms with E-state index in [4.69, 9.17) is 4.74 Å². The number of hydrogen-bond acceptors (Lipinski definition) is 4. The normalized spacial score (nSPS) is 19.7. The summed E-state index contributed by atoms with van der Waals surface area (Å²) in [7, 11) is 0. The first kappa shape index (κ1) is 19.7. The van der Waals surface area contributed by atoms with Crippen LogP contribution < -0.4 is 4.90 Å². The third kappa shape index (κ3) is 4.94. The molecule has 1 aromatic rings. The second-order valence-corrected chi connectivity index (χ2v) is 7.84. The highest BCUT2D eigenvalue weighted by Crippen LogP contribution is 2.32. The van der Waals surface area contributed by atoms with Crippen molar-refractivity contribution in [3.63, 3.8) is 0 Å². The molecule has 2 heterocycles. The summed E-state index contributed by atoms with van der Waals surface area (Å²) in [5, 5.41) is 0. The molecule has 1 fully saturated rings. The molecule has 1 aromatic heterocycles. The number of nitrogens with zero attached hydrogens (tertiary/aromatic N) is 3. The van der Waals surface area contributed by atoms with Crippen molar-refractivity contribution in [2.75, 3.05) is 18.0 Å². The average Bonchev–Trinajstić information content (AvgIpc) is 3.02. The maximum absolute atomic E-state index is 12.7. The fourth-order valence-electron chi connectivity index (χ4n) is 3.31. The Balaban J connectivity index is 2.22. The quantitative estimate of drug-likeness (QED) is 0.769. The lowest BCUT2D eigenvalue weighted by Crippen LogP contribution is -2.42. The number of anilines is 1. The van der Waals surface area contributed by atoms with E-state index in [1.165, 1.54) is 18.4 Å². The van der Waals surface area contributed by atoms with Crippen molar-refractivity contribution in [2.45, 2.75) is 78.5 Å². The van der Waals surface area contributed by atoms with Gasteiger partial charge in [0.05, 0.1) is 0 Å². The van der Waals surface area contributed by atoms with Crippen LogP contribution in [0.15, 0.2) is 18.3 Å². The maximum atomic E-state index is 12.7. The molecule has 0 radical (unpaired) electrons. The number of amides is 1. The van der Waals surface area contributed by atoms with Gasteiger partial charge in [-0.1, -0.05) is 19.9 Å². The Morgan fingerprint density at radius 3 is 2.64 bits per heavy atom. The number of likely N-dealkylation sites (tertiary alicyclic amines) is 1. The first-order valence-corrected chi connectivity index (χ1v) is 9.49. The summed E-state index contributed by atoms with van der Waals surface area (Å²) in [6.45, 7) is 14.2. The summed E-state index contributed by atoms with van der Waals surface area (Å²) in [5.74, 6) is 0.661. The monoisotopic (exact) mass is 347 g/mol. The second-order valence-electron chi connectivity index (χ2n) is 7.84. The molecule has 140 valence electrons. The first-order valence-electron chi connectivity index (χ1n) is 9.49. The Labute approximate surface area is 152 Å². The van der Waals surface area contributed by atoms with Crippen molar-refractivity contribution in [3.8, 4) is 0 Å². The van der Waals surface area contributed by atoms with Crippen molar-refractivity contribution in [2.24, 2.45) is 0 Å². The van der Waals surface area contributed by atoms with E-state index in [2.05, 4.69) is 29.8 Å².